The summed E-state index contributed by atoms with van der Waals surface area (Å²) in [5, 5.41) is 3.27. The fraction of sp³-hybridized carbons (Fsp3) is 0.933. The van der Waals surface area contributed by atoms with Crippen LogP contribution in [0.5, 0.6) is 0 Å². The van der Waals surface area contributed by atoms with E-state index in [1.807, 2.05) is 13.8 Å². The summed E-state index contributed by atoms with van der Waals surface area (Å²) >= 11 is 0. The summed E-state index contributed by atoms with van der Waals surface area (Å²) in [4.78, 5) is 12.2. The number of hydrogen-bond acceptors (Lipinski definition) is 2. The zero-order valence-electron chi connectivity index (χ0n) is 12.8. The van der Waals surface area contributed by atoms with Gasteiger partial charge in [-0.1, -0.05) is 27.7 Å². The van der Waals surface area contributed by atoms with Crippen molar-refractivity contribution in [2.24, 2.45) is 28.4 Å². The van der Waals surface area contributed by atoms with Crippen LogP contribution in [-0.4, -0.2) is 18.0 Å². The summed E-state index contributed by atoms with van der Waals surface area (Å²) in [5.41, 5.74) is 6.42. The average molecular weight is 289 g/mol. The number of amides is 1. The molecule has 0 radical (unpaired) electrons. The normalized spacial score (nSPS) is 38.4. The Bertz CT molecular complexity index is 356. The van der Waals surface area contributed by atoms with Gasteiger partial charge < -0.3 is 11.1 Å². The van der Waals surface area contributed by atoms with Crippen molar-refractivity contribution >= 4 is 18.3 Å². The highest BCUT2D eigenvalue weighted by Gasteiger charge is 2.61. The molecule has 2 bridgehead atoms. The van der Waals surface area contributed by atoms with E-state index < -0.39 is 0 Å². The Balaban J connectivity index is 0.00000180. The molecule has 5 atom stereocenters. The van der Waals surface area contributed by atoms with Crippen molar-refractivity contribution in [3.63, 3.8) is 0 Å². The molecule has 3 N–H and O–H groups in total. The Labute approximate surface area is 123 Å². The van der Waals surface area contributed by atoms with Crippen molar-refractivity contribution in [2.45, 2.75) is 66.0 Å². The zero-order valence-corrected chi connectivity index (χ0v) is 13.6. The fourth-order valence-corrected chi connectivity index (χ4v) is 3.96. The van der Waals surface area contributed by atoms with Crippen molar-refractivity contribution in [1.29, 1.82) is 0 Å². The second-order valence-corrected chi connectivity index (χ2v) is 7.32. The molecule has 3 nitrogen and oxygen atoms in total. The molecule has 0 aromatic carbocycles. The van der Waals surface area contributed by atoms with Crippen LogP contribution in [0.2, 0.25) is 0 Å². The van der Waals surface area contributed by atoms with Gasteiger partial charge in [0.05, 0.1) is 0 Å². The molecule has 19 heavy (non-hydrogen) atoms. The van der Waals surface area contributed by atoms with Gasteiger partial charge in [-0.05, 0) is 42.9 Å². The number of nitrogens with two attached hydrogens (primary N) is 1. The lowest BCUT2D eigenvalue weighted by Gasteiger charge is -2.40. The van der Waals surface area contributed by atoms with Crippen LogP contribution in [-0.2, 0) is 4.79 Å². The summed E-state index contributed by atoms with van der Waals surface area (Å²) in [6.07, 6.45) is 3.70. The van der Waals surface area contributed by atoms with Gasteiger partial charge in [-0.2, -0.15) is 0 Å². The first-order valence-corrected chi connectivity index (χ1v) is 7.26. The standard InChI is InChI=1S/C15H28N2O.ClH/c1-9(10(2)16)13(18)17-12-8-11-6-7-15(12,5)14(11,3)4;/h9-12H,6-8,16H2,1-5H3,(H,17,18);1H. The summed E-state index contributed by atoms with van der Waals surface area (Å²) in [6.45, 7) is 10.9. The third-order valence-electron chi connectivity index (χ3n) is 6.31. The third kappa shape index (κ3) is 2.40. The van der Waals surface area contributed by atoms with Gasteiger partial charge in [-0.3, -0.25) is 4.79 Å². The number of hydrogen-bond donors (Lipinski definition) is 2. The molecule has 4 heteroatoms. The van der Waals surface area contributed by atoms with E-state index >= 15 is 0 Å². The third-order valence-corrected chi connectivity index (χ3v) is 6.31. The van der Waals surface area contributed by atoms with Crippen LogP contribution < -0.4 is 11.1 Å². The van der Waals surface area contributed by atoms with E-state index in [0.29, 0.717) is 11.5 Å². The van der Waals surface area contributed by atoms with Crippen LogP contribution in [0, 0.1) is 22.7 Å². The molecule has 0 spiro atoms. The number of carbonyl (C=O) groups excluding carboxylic acids is 1. The maximum Gasteiger partial charge on any atom is 0.224 e. The van der Waals surface area contributed by atoms with E-state index in [4.69, 9.17) is 5.73 Å². The van der Waals surface area contributed by atoms with E-state index in [0.717, 1.165) is 12.3 Å². The van der Waals surface area contributed by atoms with Crippen molar-refractivity contribution < 1.29 is 4.79 Å². The topological polar surface area (TPSA) is 55.1 Å². The molecule has 112 valence electrons. The highest BCUT2D eigenvalue weighted by atomic mass is 35.5. The summed E-state index contributed by atoms with van der Waals surface area (Å²) in [7, 11) is 0. The second-order valence-electron chi connectivity index (χ2n) is 7.32. The molecule has 1 amide bonds. The Hall–Kier alpha value is -0.280. The van der Waals surface area contributed by atoms with Gasteiger partial charge in [0.2, 0.25) is 5.91 Å². The first-order chi connectivity index (χ1) is 8.20. The molecule has 2 aliphatic carbocycles. The highest BCUT2D eigenvalue weighted by molar-refractivity contribution is 5.85. The molecule has 0 aromatic rings. The predicted molar refractivity (Wildman–Crippen MR) is 81.2 cm³/mol. The van der Waals surface area contributed by atoms with Crippen molar-refractivity contribution in [3.8, 4) is 0 Å². The predicted octanol–water partition coefficient (Wildman–Crippen LogP) is 2.72. The zero-order chi connectivity index (χ0) is 13.7. The lowest BCUT2D eigenvalue weighted by molar-refractivity contribution is -0.126. The monoisotopic (exact) mass is 288 g/mol. The number of carbonyl (C=O) groups is 1. The quantitative estimate of drug-likeness (QED) is 0.839. The number of halogens is 1. The molecule has 0 heterocycles. The Morgan fingerprint density at radius 1 is 1.32 bits per heavy atom. The van der Waals surface area contributed by atoms with E-state index in [2.05, 4.69) is 26.1 Å². The minimum absolute atomic E-state index is 0. The molecule has 0 aromatic heterocycles. The maximum atomic E-state index is 12.2. The van der Waals surface area contributed by atoms with E-state index in [9.17, 15) is 4.79 Å². The maximum absolute atomic E-state index is 12.2. The number of fused-ring (bicyclic) bond motifs is 2. The lowest BCUT2D eigenvalue weighted by Crippen LogP contribution is -2.50. The van der Waals surface area contributed by atoms with Gasteiger partial charge in [-0.15, -0.1) is 12.4 Å². The van der Waals surface area contributed by atoms with Gasteiger partial charge in [0.25, 0.3) is 0 Å². The SMILES string of the molecule is CC(N)C(C)C(=O)NC1CC2CCC1(C)C2(C)C.Cl. The van der Waals surface area contributed by atoms with Crippen LogP contribution in [0.3, 0.4) is 0 Å². The molecule has 2 aliphatic rings. The summed E-state index contributed by atoms with van der Waals surface area (Å²) < 4.78 is 0. The van der Waals surface area contributed by atoms with Crippen LogP contribution >= 0.6 is 12.4 Å². The molecule has 5 unspecified atom stereocenters. The van der Waals surface area contributed by atoms with Crippen LogP contribution in [0.15, 0.2) is 0 Å². The largest absolute Gasteiger partial charge is 0.353 e. The highest BCUT2D eigenvalue weighted by Crippen LogP contribution is 2.65. The van der Waals surface area contributed by atoms with Crippen molar-refractivity contribution in [2.75, 3.05) is 0 Å². The molecular formula is C15H29ClN2O. The van der Waals surface area contributed by atoms with Crippen LogP contribution in [0.4, 0.5) is 0 Å². The minimum Gasteiger partial charge on any atom is -0.353 e. The lowest BCUT2D eigenvalue weighted by atomic mass is 9.69. The van der Waals surface area contributed by atoms with Crippen molar-refractivity contribution in [3.05, 3.63) is 0 Å². The van der Waals surface area contributed by atoms with E-state index in [1.165, 1.54) is 12.8 Å². The number of rotatable bonds is 3. The van der Waals surface area contributed by atoms with Gasteiger partial charge in [0.15, 0.2) is 0 Å². The number of nitrogens with one attached hydrogen (secondary N) is 1. The molecule has 0 saturated heterocycles. The van der Waals surface area contributed by atoms with Gasteiger partial charge >= 0.3 is 0 Å². The van der Waals surface area contributed by atoms with Crippen LogP contribution in [0.25, 0.3) is 0 Å². The van der Waals surface area contributed by atoms with E-state index in [1.54, 1.807) is 0 Å². The first-order valence-electron chi connectivity index (χ1n) is 7.26. The summed E-state index contributed by atoms with van der Waals surface area (Å²) in [5.74, 6) is 0.786. The Morgan fingerprint density at radius 2 is 1.89 bits per heavy atom. The molecule has 0 aliphatic heterocycles. The summed E-state index contributed by atoms with van der Waals surface area (Å²) in [6, 6.07) is 0.254. The van der Waals surface area contributed by atoms with Crippen molar-refractivity contribution in [1.82, 2.24) is 5.32 Å². The fourth-order valence-electron chi connectivity index (χ4n) is 3.96. The average Bonchev–Trinajstić information content (AvgIpc) is 2.60. The van der Waals surface area contributed by atoms with Crippen LogP contribution in [0.1, 0.15) is 53.9 Å². The molecule has 2 fully saturated rings. The first kappa shape index (κ1) is 16.8. The van der Waals surface area contributed by atoms with Gasteiger partial charge in [-0.25, -0.2) is 0 Å². The minimum atomic E-state index is -0.101. The Kier molecular flexibility index (Phi) is 4.63. The second kappa shape index (κ2) is 5.25. The molecule has 2 saturated carbocycles. The Morgan fingerprint density at radius 3 is 2.26 bits per heavy atom. The molecule has 2 rings (SSSR count). The van der Waals surface area contributed by atoms with E-state index in [-0.39, 0.29) is 35.7 Å². The molecular weight excluding hydrogens is 260 g/mol. The van der Waals surface area contributed by atoms with Gasteiger partial charge in [0.1, 0.15) is 0 Å². The smallest absolute Gasteiger partial charge is 0.224 e. The van der Waals surface area contributed by atoms with Gasteiger partial charge in [0, 0.05) is 18.0 Å².